The molecule has 0 bridgehead atoms. The minimum absolute atomic E-state index is 0.0423. The van der Waals surface area contributed by atoms with Crippen molar-refractivity contribution in [3.63, 3.8) is 0 Å². The summed E-state index contributed by atoms with van der Waals surface area (Å²) in [6.07, 6.45) is 1.23. The Kier molecular flexibility index (Phi) is 5.65. The van der Waals surface area contributed by atoms with Crippen LogP contribution in [0.25, 0.3) is 0 Å². The van der Waals surface area contributed by atoms with E-state index in [0.717, 1.165) is 0 Å². The summed E-state index contributed by atoms with van der Waals surface area (Å²) < 4.78 is 0. The summed E-state index contributed by atoms with van der Waals surface area (Å²) in [5.74, 6) is -0.787. The predicted molar refractivity (Wildman–Crippen MR) is 102 cm³/mol. The molecule has 3 rings (SSSR count). The van der Waals surface area contributed by atoms with Crippen LogP contribution in [0.15, 0.2) is 29.6 Å². The van der Waals surface area contributed by atoms with E-state index in [1.165, 1.54) is 17.4 Å². The molecule has 3 N–H and O–H groups in total. The van der Waals surface area contributed by atoms with Gasteiger partial charge in [-0.3, -0.25) is 19.7 Å². The van der Waals surface area contributed by atoms with Gasteiger partial charge >= 0.3 is 0 Å². The average Bonchev–Trinajstić information content (AvgIpc) is 3.07. The van der Waals surface area contributed by atoms with Crippen LogP contribution in [0.3, 0.4) is 0 Å². The summed E-state index contributed by atoms with van der Waals surface area (Å²) in [6.45, 7) is 1.13. The third-order valence-electron chi connectivity index (χ3n) is 4.42. The van der Waals surface area contributed by atoms with Crippen molar-refractivity contribution >= 4 is 39.7 Å². The predicted octanol–water partition coefficient (Wildman–Crippen LogP) is 1.93. The second-order valence-corrected chi connectivity index (χ2v) is 7.14. The van der Waals surface area contributed by atoms with E-state index in [4.69, 9.17) is 5.73 Å². The zero-order chi connectivity index (χ0) is 19.4. The first kappa shape index (κ1) is 18.8. The number of hydrogen-bond acceptors (Lipinski definition) is 7. The van der Waals surface area contributed by atoms with Crippen molar-refractivity contribution in [2.75, 3.05) is 23.3 Å². The molecule has 2 heterocycles. The number of benzene rings is 1. The van der Waals surface area contributed by atoms with Crippen LogP contribution in [-0.4, -0.2) is 34.8 Å². The Bertz CT molecular complexity index is 861. The molecular weight excluding hydrogens is 370 g/mol. The highest BCUT2D eigenvalue weighted by Gasteiger charge is 2.28. The number of carbonyl (C=O) groups is 2. The Morgan fingerprint density at radius 1 is 1.33 bits per heavy atom. The molecule has 1 aromatic heterocycles. The molecule has 0 aliphatic carbocycles. The first-order valence-corrected chi connectivity index (χ1v) is 9.34. The van der Waals surface area contributed by atoms with E-state index in [9.17, 15) is 19.7 Å². The van der Waals surface area contributed by atoms with Crippen LogP contribution in [-0.2, 0) is 16.0 Å². The van der Waals surface area contributed by atoms with Gasteiger partial charge in [0.2, 0.25) is 11.8 Å². The number of para-hydroxylation sites is 2. The molecule has 9 nitrogen and oxygen atoms in total. The number of hydrogen-bond donors (Lipinski definition) is 2. The summed E-state index contributed by atoms with van der Waals surface area (Å²) >= 11 is 1.25. The molecule has 27 heavy (non-hydrogen) atoms. The Morgan fingerprint density at radius 3 is 2.70 bits per heavy atom. The van der Waals surface area contributed by atoms with Gasteiger partial charge in [-0.1, -0.05) is 12.1 Å². The lowest BCUT2D eigenvalue weighted by molar-refractivity contribution is -0.384. The van der Waals surface area contributed by atoms with Crippen LogP contribution in [0.1, 0.15) is 18.5 Å². The summed E-state index contributed by atoms with van der Waals surface area (Å²) in [5.41, 5.74) is 6.32. The zero-order valence-corrected chi connectivity index (χ0v) is 15.3. The number of carbonyl (C=O) groups excluding carboxylic acids is 2. The third-order valence-corrected chi connectivity index (χ3v) is 5.23. The van der Waals surface area contributed by atoms with E-state index < -0.39 is 5.91 Å². The number of amides is 2. The molecule has 0 atom stereocenters. The fraction of sp³-hybridized carbons (Fsp3) is 0.353. The van der Waals surface area contributed by atoms with Gasteiger partial charge in [-0.2, -0.15) is 0 Å². The van der Waals surface area contributed by atoms with E-state index in [0.29, 0.717) is 42.4 Å². The zero-order valence-electron chi connectivity index (χ0n) is 14.5. The van der Waals surface area contributed by atoms with Crippen LogP contribution in [0.4, 0.5) is 16.5 Å². The normalized spacial score (nSPS) is 14.7. The average molecular weight is 389 g/mol. The van der Waals surface area contributed by atoms with Gasteiger partial charge in [-0.25, -0.2) is 4.98 Å². The molecule has 142 valence electrons. The number of nitro groups is 1. The monoisotopic (exact) mass is 389 g/mol. The van der Waals surface area contributed by atoms with Crippen molar-refractivity contribution in [3.05, 3.63) is 45.5 Å². The maximum Gasteiger partial charge on any atom is 0.292 e. The molecule has 0 spiro atoms. The fourth-order valence-electron chi connectivity index (χ4n) is 3.10. The largest absolute Gasteiger partial charge is 0.369 e. The summed E-state index contributed by atoms with van der Waals surface area (Å²) in [4.78, 5) is 40.3. The number of nitrogens with two attached hydrogens (primary N) is 1. The Labute approximate surface area is 159 Å². The van der Waals surface area contributed by atoms with Gasteiger partial charge in [-0.05, 0) is 18.9 Å². The van der Waals surface area contributed by atoms with Crippen LogP contribution in [0, 0.1) is 16.0 Å². The van der Waals surface area contributed by atoms with Crippen LogP contribution < -0.4 is 16.0 Å². The topological polar surface area (TPSA) is 131 Å². The Morgan fingerprint density at radius 2 is 2.04 bits per heavy atom. The molecule has 0 radical (unpaired) electrons. The smallest absolute Gasteiger partial charge is 0.292 e. The number of nitrogens with zero attached hydrogens (tertiary/aromatic N) is 3. The number of piperidine rings is 1. The number of primary amides is 1. The van der Waals surface area contributed by atoms with E-state index in [1.807, 2.05) is 4.90 Å². The van der Waals surface area contributed by atoms with Gasteiger partial charge in [0, 0.05) is 30.5 Å². The molecule has 0 unspecified atom stereocenters. The lowest BCUT2D eigenvalue weighted by atomic mass is 9.95. The van der Waals surface area contributed by atoms with Gasteiger partial charge in [0.15, 0.2) is 5.13 Å². The molecule has 2 amide bonds. The highest BCUT2D eigenvalue weighted by molar-refractivity contribution is 7.13. The summed E-state index contributed by atoms with van der Waals surface area (Å²) in [5, 5.41) is 16.1. The number of nitrogens with one attached hydrogen (secondary N) is 1. The van der Waals surface area contributed by atoms with Crippen molar-refractivity contribution in [3.8, 4) is 0 Å². The maximum absolute atomic E-state index is 12.5. The molecule has 1 fully saturated rings. The standard InChI is InChI=1S/C17H19N5O4S/c18-15(23)9-12-10-27-17(19-12)20-16(24)11-5-7-21(8-6-11)13-3-1-2-4-14(13)22(25)26/h1-4,10-11H,5-9H2,(H2,18,23)(H,19,20,24). The number of aromatic nitrogens is 1. The molecule has 1 aliphatic heterocycles. The molecular formula is C17H19N5O4S. The lowest BCUT2D eigenvalue weighted by Gasteiger charge is -2.32. The molecule has 1 saturated heterocycles. The lowest BCUT2D eigenvalue weighted by Crippen LogP contribution is -2.38. The van der Waals surface area contributed by atoms with Gasteiger partial charge in [0.05, 0.1) is 17.0 Å². The van der Waals surface area contributed by atoms with Crippen molar-refractivity contribution in [2.45, 2.75) is 19.3 Å². The van der Waals surface area contributed by atoms with Gasteiger partial charge in [0.1, 0.15) is 5.69 Å². The Hall–Kier alpha value is -3.01. The van der Waals surface area contributed by atoms with Crippen LogP contribution >= 0.6 is 11.3 Å². The second-order valence-electron chi connectivity index (χ2n) is 6.28. The van der Waals surface area contributed by atoms with E-state index in [1.54, 1.807) is 23.6 Å². The fourth-order valence-corrected chi connectivity index (χ4v) is 3.81. The summed E-state index contributed by atoms with van der Waals surface area (Å²) in [6, 6.07) is 6.63. The second kappa shape index (κ2) is 8.12. The SMILES string of the molecule is NC(=O)Cc1csc(NC(=O)C2CCN(c3ccccc3[N+](=O)[O-])CC2)n1. The number of thiazole rings is 1. The first-order chi connectivity index (χ1) is 12.9. The van der Waals surface area contributed by atoms with Crippen molar-refractivity contribution in [1.29, 1.82) is 0 Å². The first-order valence-electron chi connectivity index (χ1n) is 8.46. The van der Waals surface area contributed by atoms with Gasteiger partial charge in [0.25, 0.3) is 5.69 Å². The molecule has 2 aromatic rings. The van der Waals surface area contributed by atoms with Crippen LogP contribution in [0.2, 0.25) is 0 Å². The third kappa shape index (κ3) is 4.59. The number of anilines is 2. The van der Waals surface area contributed by atoms with Crippen molar-refractivity contribution in [2.24, 2.45) is 11.7 Å². The van der Waals surface area contributed by atoms with Crippen molar-refractivity contribution in [1.82, 2.24) is 4.98 Å². The number of nitro benzene ring substituents is 1. The van der Waals surface area contributed by atoms with E-state index >= 15 is 0 Å². The minimum Gasteiger partial charge on any atom is -0.369 e. The highest BCUT2D eigenvalue weighted by Crippen LogP contribution is 2.31. The summed E-state index contributed by atoms with van der Waals surface area (Å²) in [7, 11) is 0. The molecule has 1 aromatic carbocycles. The van der Waals surface area contributed by atoms with Crippen LogP contribution in [0.5, 0.6) is 0 Å². The Balaban J connectivity index is 1.57. The number of rotatable bonds is 6. The van der Waals surface area contributed by atoms with Gasteiger partial charge < -0.3 is 16.0 Å². The molecule has 0 saturated carbocycles. The van der Waals surface area contributed by atoms with Gasteiger partial charge in [-0.15, -0.1) is 11.3 Å². The highest BCUT2D eigenvalue weighted by atomic mass is 32.1. The minimum atomic E-state index is -0.472. The molecule has 1 aliphatic rings. The van der Waals surface area contributed by atoms with E-state index in [-0.39, 0.29) is 28.9 Å². The molecule has 10 heteroatoms. The van der Waals surface area contributed by atoms with Crippen molar-refractivity contribution < 1.29 is 14.5 Å². The van der Waals surface area contributed by atoms with E-state index in [2.05, 4.69) is 10.3 Å². The maximum atomic E-state index is 12.5. The quantitative estimate of drug-likeness (QED) is 0.573.